The van der Waals surface area contributed by atoms with Crippen LogP contribution in [-0.4, -0.2) is 49.3 Å². The van der Waals surface area contributed by atoms with E-state index in [2.05, 4.69) is 26.0 Å². The van der Waals surface area contributed by atoms with Crippen LogP contribution in [0.1, 0.15) is 361 Å². The first-order valence-corrected chi connectivity index (χ1v) is 34.7. The molecule has 0 heterocycles. The van der Waals surface area contributed by atoms with E-state index in [4.69, 9.17) is 24.3 Å². The molecule has 0 radical (unpaired) electrons. The van der Waals surface area contributed by atoms with Crippen LogP contribution in [0.5, 0.6) is 0 Å². The van der Waals surface area contributed by atoms with Crippen LogP contribution >= 0.6 is 7.82 Å². The highest BCUT2D eigenvalue weighted by Crippen LogP contribution is 2.43. The molecule has 9 nitrogen and oxygen atoms in total. The lowest BCUT2D eigenvalue weighted by Crippen LogP contribution is -2.29. The number of nitrogens with two attached hydrogens (primary N) is 1. The summed E-state index contributed by atoms with van der Waals surface area (Å²) in [6.07, 6.45) is 73.1. The van der Waals surface area contributed by atoms with E-state index in [1.807, 2.05) is 0 Å². The van der Waals surface area contributed by atoms with Crippen molar-refractivity contribution < 1.29 is 37.6 Å². The summed E-state index contributed by atoms with van der Waals surface area (Å²) >= 11 is 0. The second kappa shape index (κ2) is 62.0. The number of esters is 2. The molecule has 0 spiro atoms. The second-order valence-electron chi connectivity index (χ2n) is 22.7. The molecule has 75 heavy (non-hydrogen) atoms. The summed E-state index contributed by atoms with van der Waals surface area (Å²) in [6, 6.07) is 0. The van der Waals surface area contributed by atoms with Gasteiger partial charge >= 0.3 is 19.8 Å². The Kier molecular flexibility index (Phi) is 60.9. The number of rotatable bonds is 64. The number of phosphoric ester groups is 1. The number of carbonyl (C=O) groups is 2. The van der Waals surface area contributed by atoms with Crippen LogP contribution in [0.3, 0.4) is 0 Å². The highest BCUT2D eigenvalue weighted by atomic mass is 31.2. The van der Waals surface area contributed by atoms with Gasteiger partial charge in [0.25, 0.3) is 0 Å². The third-order valence-corrected chi connectivity index (χ3v) is 16.1. The van der Waals surface area contributed by atoms with Crippen LogP contribution in [0.4, 0.5) is 0 Å². The van der Waals surface area contributed by atoms with Gasteiger partial charge in [-0.2, -0.15) is 0 Å². The summed E-state index contributed by atoms with van der Waals surface area (Å²) in [6.45, 7) is 3.82. The topological polar surface area (TPSA) is 134 Å². The first-order valence-electron chi connectivity index (χ1n) is 33.2. The number of allylic oxidation sites excluding steroid dienone is 2. The highest BCUT2D eigenvalue weighted by Gasteiger charge is 2.26. The van der Waals surface area contributed by atoms with Crippen molar-refractivity contribution in [1.29, 1.82) is 0 Å². The Labute approximate surface area is 466 Å². The van der Waals surface area contributed by atoms with E-state index in [0.717, 1.165) is 38.5 Å². The number of carbonyl (C=O) groups excluding carboxylic acids is 2. The van der Waals surface area contributed by atoms with E-state index >= 15 is 0 Å². The minimum Gasteiger partial charge on any atom is -0.462 e. The fourth-order valence-electron chi connectivity index (χ4n) is 10.2. The molecule has 0 aromatic carbocycles. The smallest absolute Gasteiger partial charge is 0.462 e. The van der Waals surface area contributed by atoms with Crippen molar-refractivity contribution in [2.45, 2.75) is 367 Å². The summed E-state index contributed by atoms with van der Waals surface area (Å²) in [7, 11) is -4.39. The van der Waals surface area contributed by atoms with Crippen LogP contribution in [0.2, 0.25) is 0 Å². The summed E-state index contributed by atoms with van der Waals surface area (Å²) < 4.78 is 33.1. The van der Waals surface area contributed by atoms with Gasteiger partial charge in [0.1, 0.15) is 6.61 Å². The molecule has 0 aromatic rings. The molecule has 0 aliphatic carbocycles. The van der Waals surface area contributed by atoms with Crippen LogP contribution in [0, 0.1) is 0 Å². The Balaban J connectivity index is 3.80. The average Bonchev–Trinajstić information content (AvgIpc) is 3.40. The molecule has 10 heteroatoms. The third-order valence-electron chi connectivity index (χ3n) is 15.2. The van der Waals surface area contributed by atoms with Crippen molar-refractivity contribution in [3.05, 3.63) is 12.2 Å². The molecule has 0 amide bonds. The van der Waals surface area contributed by atoms with Crippen LogP contribution < -0.4 is 5.73 Å². The number of ether oxygens (including phenoxy) is 2. The first-order chi connectivity index (χ1) is 36.8. The lowest BCUT2D eigenvalue weighted by molar-refractivity contribution is -0.161. The fraction of sp³-hybridized carbons (Fsp3) is 0.938. The average molecular weight is 1080 g/mol. The molecule has 0 saturated heterocycles. The van der Waals surface area contributed by atoms with E-state index in [9.17, 15) is 19.0 Å². The van der Waals surface area contributed by atoms with E-state index in [0.29, 0.717) is 6.42 Å². The van der Waals surface area contributed by atoms with Gasteiger partial charge in [-0.05, 0) is 38.5 Å². The predicted molar refractivity (Wildman–Crippen MR) is 321 cm³/mol. The molecule has 0 aromatic heterocycles. The molecular formula is C65H128NO8P. The molecule has 0 aliphatic heterocycles. The third kappa shape index (κ3) is 61.8. The van der Waals surface area contributed by atoms with Gasteiger partial charge in [-0.15, -0.1) is 0 Å². The van der Waals surface area contributed by atoms with Gasteiger partial charge in [0.05, 0.1) is 13.2 Å². The molecule has 3 N–H and O–H groups in total. The maximum Gasteiger partial charge on any atom is 0.472 e. The minimum atomic E-state index is -4.39. The first kappa shape index (κ1) is 73.8. The van der Waals surface area contributed by atoms with E-state index in [1.165, 1.54) is 289 Å². The Morgan fingerprint density at radius 1 is 0.387 bits per heavy atom. The molecule has 0 aliphatic rings. The molecule has 0 bridgehead atoms. The maximum atomic E-state index is 12.7. The van der Waals surface area contributed by atoms with Crippen molar-refractivity contribution >= 4 is 19.8 Å². The SMILES string of the molecule is CCCCCCCCCC/C=C\CCCCCCCCCCCC(=O)OC(COC(=O)CCCCCCCCCCCCCCCCCCCCCCCCCCCCCCCCCCC)COP(=O)(O)OCCN. The zero-order chi connectivity index (χ0) is 54.5. The van der Waals surface area contributed by atoms with Crippen LogP contribution in [0.15, 0.2) is 12.2 Å². The Hall–Kier alpha value is -1.25. The zero-order valence-electron chi connectivity index (χ0n) is 50.1. The van der Waals surface area contributed by atoms with Gasteiger partial charge in [-0.1, -0.05) is 321 Å². The minimum absolute atomic E-state index is 0.0566. The standard InChI is InChI=1S/C65H128NO8P/c1-3-5-7-9-11-13-15-17-19-21-23-25-26-27-28-29-30-31-32-33-34-35-36-38-39-41-43-45-47-49-51-53-55-57-64(67)71-61-63(62-73-75(69,70)72-60-59-66)74-65(68)58-56-54-52-50-48-46-44-42-40-37-24-22-20-18-16-14-12-10-8-6-4-2/h22,24,63H,3-21,23,25-62,66H2,1-2H3,(H,69,70)/b24-22-. The lowest BCUT2D eigenvalue weighted by atomic mass is 10.0. The Bertz CT molecular complexity index is 1230. The number of hydrogen-bond donors (Lipinski definition) is 2. The van der Waals surface area contributed by atoms with Crippen molar-refractivity contribution in [2.75, 3.05) is 26.4 Å². The molecule has 0 saturated carbocycles. The van der Waals surface area contributed by atoms with E-state index in [1.54, 1.807) is 0 Å². The van der Waals surface area contributed by atoms with Crippen molar-refractivity contribution in [2.24, 2.45) is 5.73 Å². The van der Waals surface area contributed by atoms with Crippen molar-refractivity contribution in [3.63, 3.8) is 0 Å². The molecular weight excluding hydrogens is 954 g/mol. The molecule has 2 atom stereocenters. The monoisotopic (exact) mass is 1080 g/mol. The summed E-state index contributed by atoms with van der Waals surface area (Å²) in [5.41, 5.74) is 5.39. The Morgan fingerprint density at radius 3 is 0.947 bits per heavy atom. The van der Waals surface area contributed by atoms with E-state index < -0.39 is 26.5 Å². The maximum absolute atomic E-state index is 12.7. The van der Waals surface area contributed by atoms with Gasteiger partial charge in [-0.25, -0.2) is 4.57 Å². The van der Waals surface area contributed by atoms with E-state index in [-0.39, 0.29) is 38.6 Å². The van der Waals surface area contributed by atoms with Gasteiger partial charge < -0.3 is 20.1 Å². The largest absolute Gasteiger partial charge is 0.472 e. The summed E-state index contributed by atoms with van der Waals surface area (Å²) in [5.74, 6) is -0.807. The Morgan fingerprint density at radius 2 is 0.653 bits per heavy atom. The van der Waals surface area contributed by atoms with Crippen LogP contribution in [-0.2, 0) is 32.7 Å². The zero-order valence-corrected chi connectivity index (χ0v) is 51.0. The predicted octanol–water partition coefficient (Wildman–Crippen LogP) is 21.2. The van der Waals surface area contributed by atoms with Gasteiger partial charge in [0, 0.05) is 19.4 Å². The quantitative estimate of drug-likeness (QED) is 0.0264. The summed E-state index contributed by atoms with van der Waals surface area (Å²) in [5, 5.41) is 0. The molecule has 0 fully saturated rings. The number of phosphoric acid groups is 1. The highest BCUT2D eigenvalue weighted by molar-refractivity contribution is 7.47. The number of hydrogen-bond acceptors (Lipinski definition) is 8. The molecule has 2 unspecified atom stereocenters. The van der Waals surface area contributed by atoms with Crippen molar-refractivity contribution in [3.8, 4) is 0 Å². The van der Waals surface area contributed by atoms with Crippen LogP contribution in [0.25, 0.3) is 0 Å². The second-order valence-corrected chi connectivity index (χ2v) is 24.2. The normalized spacial score (nSPS) is 13.0. The number of unbranched alkanes of at least 4 members (excludes halogenated alkanes) is 49. The van der Waals surface area contributed by atoms with Crippen molar-refractivity contribution in [1.82, 2.24) is 0 Å². The van der Waals surface area contributed by atoms with Gasteiger partial charge in [0.2, 0.25) is 0 Å². The lowest BCUT2D eigenvalue weighted by Gasteiger charge is -2.19. The van der Waals surface area contributed by atoms with Gasteiger partial charge in [-0.3, -0.25) is 18.6 Å². The molecule has 0 rings (SSSR count). The van der Waals surface area contributed by atoms with Gasteiger partial charge in [0.15, 0.2) is 6.10 Å². The molecule has 446 valence electrons. The fourth-order valence-corrected chi connectivity index (χ4v) is 11.0. The summed E-state index contributed by atoms with van der Waals surface area (Å²) in [4.78, 5) is 35.3.